The maximum atomic E-state index is 10.3. The maximum Gasteiger partial charge on any atom is 0.119 e. The minimum Gasteiger partial charge on any atom is -0.491 e. The normalized spacial score (nSPS) is 19.7. The lowest BCUT2D eigenvalue weighted by molar-refractivity contribution is 0.0660. The van der Waals surface area contributed by atoms with Crippen LogP contribution < -0.4 is 9.64 Å². The highest BCUT2D eigenvalue weighted by atomic mass is 16.5. The topological polar surface area (TPSA) is 35.9 Å². The first-order valence-electron chi connectivity index (χ1n) is 8.74. The molecule has 2 aromatic rings. The van der Waals surface area contributed by atoms with Gasteiger partial charge in [-0.05, 0) is 31.2 Å². The van der Waals surface area contributed by atoms with E-state index in [0.717, 1.165) is 24.5 Å². The van der Waals surface area contributed by atoms with Gasteiger partial charge in [-0.15, -0.1) is 0 Å². The number of ether oxygens (including phenoxy) is 1. The van der Waals surface area contributed by atoms with Gasteiger partial charge >= 0.3 is 0 Å². The van der Waals surface area contributed by atoms with Crippen LogP contribution in [-0.4, -0.2) is 48.4 Å². The number of para-hydroxylation sites is 2. The Kier molecular flexibility index (Phi) is 5.74. The van der Waals surface area contributed by atoms with E-state index < -0.39 is 6.10 Å². The van der Waals surface area contributed by atoms with E-state index in [1.54, 1.807) is 0 Å². The molecule has 1 saturated heterocycles. The summed E-state index contributed by atoms with van der Waals surface area (Å²) in [6.07, 6.45) is -0.525. The number of piperazine rings is 1. The van der Waals surface area contributed by atoms with E-state index in [0.29, 0.717) is 19.2 Å². The largest absolute Gasteiger partial charge is 0.491 e. The second-order valence-corrected chi connectivity index (χ2v) is 6.59. The third-order valence-corrected chi connectivity index (χ3v) is 4.40. The van der Waals surface area contributed by atoms with Gasteiger partial charge in [0.1, 0.15) is 18.5 Å². The Morgan fingerprint density at radius 1 is 1.12 bits per heavy atom. The minimum atomic E-state index is -0.525. The van der Waals surface area contributed by atoms with Gasteiger partial charge in [0.05, 0.1) is 0 Å². The van der Waals surface area contributed by atoms with Gasteiger partial charge in [0, 0.05) is 37.1 Å². The molecule has 0 saturated carbocycles. The molecule has 0 aliphatic carbocycles. The van der Waals surface area contributed by atoms with Crippen LogP contribution in [0.15, 0.2) is 72.9 Å². The van der Waals surface area contributed by atoms with Crippen LogP contribution in [-0.2, 0) is 0 Å². The second-order valence-electron chi connectivity index (χ2n) is 6.59. The van der Waals surface area contributed by atoms with Gasteiger partial charge in [-0.1, -0.05) is 43.0 Å². The van der Waals surface area contributed by atoms with Crippen molar-refractivity contribution in [3.05, 3.63) is 72.9 Å². The molecule has 2 atom stereocenters. The monoisotopic (exact) mass is 338 g/mol. The SMILES string of the molecule is C=C1CN(CC(O)COc2ccccc2)CC(C)N1c1ccccc1. The maximum absolute atomic E-state index is 10.3. The van der Waals surface area contributed by atoms with Gasteiger partial charge < -0.3 is 14.7 Å². The van der Waals surface area contributed by atoms with Crippen LogP contribution >= 0.6 is 0 Å². The molecule has 1 N–H and O–H groups in total. The number of benzene rings is 2. The molecule has 25 heavy (non-hydrogen) atoms. The average molecular weight is 338 g/mol. The molecule has 3 rings (SSSR count). The van der Waals surface area contributed by atoms with Crippen molar-refractivity contribution in [1.82, 2.24) is 4.90 Å². The van der Waals surface area contributed by atoms with Gasteiger partial charge in [-0.2, -0.15) is 0 Å². The summed E-state index contributed by atoms with van der Waals surface area (Å²) in [7, 11) is 0. The molecule has 0 spiro atoms. The Morgan fingerprint density at radius 3 is 2.40 bits per heavy atom. The molecule has 0 amide bonds. The Bertz CT molecular complexity index is 675. The van der Waals surface area contributed by atoms with Gasteiger partial charge in [0.15, 0.2) is 0 Å². The Balaban J connectivity index is 1.52. The fraction of sp³-hybridized carbons (Fsp3) is 0.333. The van der Waals surface area contributed by atoms with Crippen molar-refractivity contribution in [1.29, 1.82) is 0 Å². The molecule has 0 radical (unpaired) electrons. The number of nitrogens with zero attached hydrogens (tertiary/aromatic N) is 2. The van der Waals surface area contributed by atoms with Crippen LogP contribution in [0.3, 0.4) is 0 Å². The van der Waals surface area contributed by atoms with Crippen molar-refractivity contribution in [2.45, 2.75) is 19.1 Å². The lowest BCUT2D eigenvalue weighted by atomic mass is 10.1. The van der Waals surface area contributed by atoms with Gasteiger partial charge in [0.25, 0.3) is 0 Å². The predicted molar refractivity (Wildman–Crippen MR) is 102 cm³/mol. The highest BCUT2D eigenvalue weighted by Gasteiger charge is 2.28. The molecule has 2 unspecified atom stereocenters. The Morgan fingerprint density at radius 2 is 1.76 bits per heavy atom. The second kappa shape index (κ2) is 8.19. The summed E-state index contributed by atoms with van der Waals surface area (Å²) in [4.78, 5) is 4.52. The van der Waals surface area contributed by atoms with Crippen LogP contribution in [0.25, 0.3) is 0 Å². The number of hydrogen-bond donors (Lipinski definition) is 1. The zero-order valence-electron chi connectivity index (χ0n) is 14.7. The van der Waals surface area contributed by atoms with E-state index in [1.165, 1.54) is 5.69 Å². The van der Waals surface area contributed by atoms with Crippen molar-refractivity contribution < 1.29 is 9.84 Å². The van der Waals surface area contributed by atoms with Crippen LogP contribution in [0, 0.1) is 0 Å². The summed E-state index contributed by atoms with van der Waals surface area (Å²) < 4.78 is 5.64. The van der Waals surface area contributed by atoms with Crippen LogP contribution in [0.1, 0.15) is 6.92 Å². The molecule has 2 aromatic carbocycles. The number of rotatable bonds is 6. The van der Waals surface area contributed by atoms with E-state index in [1.807, 2.05) is 48.5 Å². The zero-order chi connectivity index (χ0) is 17.6. The van der Waals surface area contributed by atoms with Crippen molar-refractivity contribution in [3.63, 3.8) is 0 Å². The molecule has 0 aromatic heterocycles. The summed E-state index contributed by atoms with van der Waals surface area (Å²) in [5, 5.41) is 10.3. The minimum absolute atomic E-state index is 0.295. The first-order valence-corrected chi connectivity index (χ1v) is 8.74. The van der Waals surface area contributed by atoms with Gasteiger partial charge in [-0.3, -0.25) is 4.90 Å². The van der Waals surface area contributed by atoms with E-state index >= 15 is 0 Å². The van der Waals surface area contributed by atoms with Crippen molar-refractivity contribution >= 4 is 5.69 Å². The van der Waals surface area contributed by atoms with Gasteiger partial charge in [-0.25, -0.2) is 0 Å². The number of hydrogen-bond acceptors (Lipinski definition) is 4. The number of β-amino-alcohol motifs (C(OH)–C–C–N with tert-alkyl or cyclic N) is 1. The number of aliphatic hydroxyl groups excluding tert-OH is 1. The molecular formula is C21H26N2O2. The molecule has 0 bridgehead atoms. The van der Waals surface area contributed by atoms with Crippen molar-refractivity contribution in [2.75, 3.05) is 31.1 Å². The average Bonchev–Trinajstić information content (AvgIpc) is 2.61. The standard InChI is InChI=1S/C21H26N2O2/c1-17-13-22(14-18(2)23(17)19-9-5-3-6-10-19)15-20(24)16-25-21-11-7-4-8-12-21/h3-12,18,20,24H,1,13-16H2,2H3. The van der Waals surface area contributed by atoms with E-state index in [-0.39, 0.29) is 0 Å². The fourth-order valence-electron chi connectivity index (χ4n) is 3.39. The molecule has 1 heterocycles. The zero-order valence-corrected chi connectivity index (χ0v) is 14.7. The summed E-state index contributed by atoms with van der Waals surface area (Å²) >= 11 is 0. The third kappa shape index (κ3) is 4.62. The molecule has 1 aliphatic heterocycles. The summed E-state index contributed by atoms with van der Waals surface area (Å²) in [5.41, 5.74) is 2.23. The highest BCUT2D eigenvalue weighted by molar-refractivity contribution is 5.53. The van der Waals surface area contributed by atoms with Crippen molar-refractivity contribution in [2.24, 2.45) is 0 Å². The molecule has 1 aliphatic rings. The highest BCUT2D eigenvalue weighted by Crippen LogP contribution is 2.25. The third-order valence-electron chi connectivity index (χ3n) is 4.40. The summed E-state index contributed by atoms with van der Waals surface area (Å²) in [5.74, 6) is 0.785. The molecule has 132 valence electrons. The van der Waals surface area contributed by atoms with Gasteiger partial charge in [0.2, 0.25) is 0 Å². The van der Waals surface area contributed by atoms with Crippen LogP contribution in [0.5, 0.6) is 5.75 Å². The number of anilines is 1. The first-order chi connectivity index (χ1) is 12.1. The molecule has 4 heteroatoms. The number of aliphatic hydroxyl groups is 1. The summed E-state index contributed by atoms with van der Waals surface area (Å²) in [6, 6.07) is 20.2. The molecular weight excluding hydrogens is 312 g/mol. The molecule has 4 nitrogen and oxygen atoms in total. The molecule has 1 fully saturated rings. The fourth-order valence-corrected chi connectivity index (χ4v) is 3.39. The Hall–Kier alpha value is -2.30. The van der Waals surface area contributed by atoms with E-state index in [9.17, 15) is 5.11 Å². The quantitative estimate of drug-likeness (QED) is 0.878. The lowest BCUT2D eigenvalue weighted by Gasteiger charge is -2.43. The lowest BCUT2D eigenvalue weighted by Crippen LogP contribution is -2.52. The van der Waals surface area contributed by atoms with Crippen molar-refractivity contribution in [3.8, 4) is 5.75 Å². The smallest absolute Gasteiger partial charge is 0.119 e. The first kappa shape index (κ1) is 17.5. The van der Waals surface area contributed by atoms with E-state index in [4.69, 9.17) is 4.74 Å². The van der Waals surface area contributed by atoms with E-state index in [2.05, 4.69) is 35.4 Å². The van der Waals surface area contributed by atoms with Crippen LogP contribution in [0.2, 0.25) is 0 Å². The predicted octanol–water partition coefficient (Wildman–Crippen LogP) is 3.15. The van der Waals surface area contributed by atoms with Crippen LogP contribution in [0.4, 0.5) is 5.69 Å². The Labute approximate surface area is 150 Å². The summed E-state index contributed by atoms with van der Waals surface area (Å²) in [6.45, 7) is 8.95.